The largest absolute Gasteiger partial charge is 3.00 e. The molecule has 0 bridgehead atoms. The smallest absolute Gasteiger partial charge is 0.184 e. The Hall–Kier alpha value is -1.49. The Labute approximate surface area is 220 Å². The Morgan fingerprint density at radius 2 is 0.812 bits per heavy atom. The summed E-state index contributed by atoms with van der Waals surface area (Å²) in [5, 5.41) is 0. The van der Waals surface area contributed by atoms with Gasteiger partial charge in [-0.15, -0.1) is 23.2 Å². The van der Waals surface area contributed by atoms with E-state index in [1.165, 1.54) is 5.56 Å². The molecule has 4 aromatic carbocycles. The molecule has 0 aliphatic carbocycles. The summed E-state index contributed by atoms with van der Waals surface area (Å²) in [6.45, 7) is 4.32. The van der Waals surface area contributed by atoms with E-state index >= 15 is 0 Å². The molecular formula is C28H30Cl2PRu. The van der Waals surface area contributed by atoms with Crippen molar-refractivity contribution < 1.29 is 19.5 Å². The second-order valence-electron chi connectivity index (χ2n) is 6.35. The van der Waals surface area contributed by atoms with Gasteiger partial charge in [0.05, 0.1) is 0 Å². The van der Waals surface area contributed by atoms with E-state index in [1.54, 1.807) is 0 Å². The molecule has 1 atom stereocenters. The molecule has 0 aliphatic rings. The number of benzene rings is 4. The van der Waals surface area contributed by atoms with Crippen molar-refractivity contribution in [1.29, 1.82) is 0 Å². The maximum Gasteiger partial charge on any atom is 3.00 e. The second kappa shape index (κ2) is 22.7. The maximum absolute atomic E-state index is 5.70. The van der Waals surface area contributed by atoms with Gasteiger partial charge in [0.2, 0.25) is 0 Å². The summed E-state index contributed by atoms with van der Waals surface area (Å²) >= 11 is 11.4. The van der Waals surface area contributed by atoms with Gasteiger partial charge in [-0.1, -0.05) is 38.1 Å². The molecule has 0 aromatic heterocycles. The van der Waals surface area contributed by atoms with E-state index < -0.39 is 4.84 Å². The first-order chi connectivity index (χ1) is 14.6. The maximum atomic E-state index is 5.70. The van der Waals surface area contributed by atoms with Crippen LogP contribution in [0.3, 0.4) is 0 Å². The van der Waals surface area contributed by atoms with Crippen LogP contribution in [-0.2, 0) is 19.5 Å². The van der Waals surface area contributed by atoms with E-state index in [1.807, 2.05) is 103 Å². The van der Waals surface area contributed by atoms with Crippen molar-refractivity contribution >= 4 is 33.1 Å². The summed E-state index contributed by atoms with van der Waals surface area (Å²) in [7, 11) is 0. The van der Waals surface area contributed by atoms with Crippen LogP contribution < -0.4 is 0 Å². The number of halogens is 2. The molecule has 4 aromatic rings. The van der Waals surface area contributed by atoms with Crippen LogP contribution in [0.25, 0.3) is 0 Å². The minimum atomic E-state index is -0.411. The summed E-state index contributed by atoms with van der Waals surface area (Å²) in [6, 6.07) is 45.6. The van der Waals surface area contributed by atoms with Crippen molar-refractivity contribution in [1.82, 2.24) is 0 Å². The van der Waals surface area contributed by atoms with Crippen LogP contribution in [0.1, 0.15) is 35.7 Å². The third kappa shape index (κ3) is 18.1. The van der Waals surface area contributed by atoms with E-state index in [2.05, 4.69) is 44.2 Å². The SMILES string of the molecule is CC(C)c1ccc(C(Cl)Cl)cc1.P.[Ru+3].[c-]1ccccc1.[c-]1ccccc1.[c-]1ccccc1. The van der Waals surface area contributed by atoms with E-state index in [0.29, 0.717) is 5.92 Å². The van der Waals surface area contributed by atoms with Crippen molar-refractivity contribution in [3.05, 3.63) is 145 Å². The van der Waals surface area contributed by atoms with Crippen LogP contribution in [0.2, 0.25) is 0 Å². The summed E-state index contributed by atoms with van der Waals surface area (Å²) < 4.78 is 0. The van der Waals surface area contributed by atoms with Gasteiger partial charge in [0.1, 0.15) is 4.84 Å². The van der Waals surface area contributed by atoms with Gasteiger partial charge in [0, 0.05) is 0 Å². The number of rotatable bonds is 2. The number of alkyl halides is 2. The molecular weight excluding hydrogens is 539 g/mol. The van der Waals surface area contributed by atoms with Gasteiger partial charge >= 0.3 is 19.5 Å². The Morgan fingerprint density at radius 3 is 0.969 bits per heavy atom. The van der Waals surface area contributed by atoms with Crippen LogP contribution in [0.4, 0.5) is 0 Å². The van der Waals surface area contributed by atoms with Crippen molar-refractivity contribution in [3.63, 3.8) is 0 Å². The first-order valence-corrected chi connectivity index (χ1v) is 10.6. The first-order valence-electron chi connectivity index (χ1n) is 9.72. The Balaban J connectivity index is 0. The van der Waals surface area contributed by atoms with Gasteiger partial charge < -0.3 is 0 Å². The molecule has 0 amide bonds. The van der Waals surface area contributed by atoms with Gasteiger partial charge in [-0.25, -0.2) is 0 Å². The summed E-state index contributed by atoms with van der Waals surface area (Å²) in [6.07, 6.45) is 0. The fourth-order valence-corrected chi connectivity index (χ4v) is 2.34. The summed E-state index contributed by atoms with van der Waals surface area (Å²) in [5.41, 5.74) is 2.27. The van der Waals surface area contributed by atoms with Crippen molar-refractivity contribution in [2.24, 2.45) is 0 Å². The van der Waals surface area contributed by atoms with Crippen molar-refractivity contribution in [2.45, 2.75) is 24.6 Å². The fraction of sp³-hybridized carbons (Fsp3) is 0.143. The van der Waals surface area contributed by atoms with Gasteiger partial charge in [-0.05, 0) is 17.0 Å². The number of hydrogen-bond donors (Lipinski definition) is 0. The van der Waals surface area contributed by atoms with E-state index in [9.17, 15) is 0 Å². The van der Waals surface area contributed by atoms with Crippen LogP contribution >= 0.6 is 33.1 Å². The number of hydrogen-bond acceptors (Lipinski definition) is 0. The van der Waals surface area contributed by atoms with E-state index in [4.69, 9.17) is 23.2 Å². The molecule has 0 fully saturated rings. The molecule has 0 N–H and O–H groups in total. The second-order valence-corrected chi connectivity index (χ2v) is 7.45. The van der Waals surface area contributed by atoms with Gasteiger partial charge in [-0.3, -0.25) is 0 Å². The zero-order valence-corrected chi connectivity index (χ0v) is 23.1. The molecule has 1 unspecified atom stereocenters. The molecule has 0 spiro atoms. The molecule has 4 heteroatoms. The molecule has 32 heavy (non-hydrogen) atoms. The fourth-order valence-electron chi connectivity index (χ4n) is 2.05. The minimum Gasteiger partial charge on any atom is -0.184 e. The Bertz CT molecular complexity index is 658. The summed E-state index contributed by atoms with van der Waals surface area (Å²) in [4.78, 5) is -0.411. The molecule has 0 saturated carbocycles. The third-order valence-electron chi connectivity index (χ3n) is 3.68. The van der Waals surface area contributed by atoms with Gasteiger partial charge in [-0.2, -0.15) is 119 Å². The summed E-state index contributed by atoms with van der Waals surface area (Å²) in [5.74, 6) is 0.558. The zero-order valence-electron chi connectivity index (χ0n) is 18.4. The molecule has 1 radical (unpaired) electrons. The predicted octanol–water partition coefficient (Wildman–Crippen LogP) is 8.80. The zero-order chi connectivity index (χ0) is 21.9. The quantitative estimate of drug-likeness (QED) is 0.0980. The van der Waals surface area contributed by atoms with Crippen molar-refractivity contribution in [2.75, 3.05) is 0 Å². The monoisotopic (exact) mass is 569 g/mol. The molecule has 0 saturated heterocycles. The normalized spacial score (nSPS) is 8.69. The standard InChI is InChI=1S/C10H12Cl2.3C6H5.H3P.Ru/c1-7(2)8-3-5-9(6-4-8)10(11)12;3*1-2-4-6-5-3-1;;/h3-7,10H,1-2H3;3*1-5H;1H3;/q;3*-1;;+3. The average molecular weight is 569 g/mol. The Morgan fingerprint density at radius 1 is 0.531 bits per heavy atom. The minimum absolute atomic E-state index is 0. The molecule has 4 rings (SSSR count). The van der Waals surface area contributed by atoms with Crippen molar-refractivity contribution in [3.8, 4) is 0 Å². The van der Waals surface area contributed by atoms with Crippen LogP contribution in [-0.4, -0.2) is 0 Å². The molecule has 0 aliphatic heterocycles. The van der Waals surface area contributed by atoms with E-state index in [0.717, 1.165) is 5.56 Å². The molecule has 169 valence electrons. The molecule has 0 nitrogen and oxygen atoms in total. The predicted molar refractivity (Wildman–Crippen MR) is 142 cm³/mol. The third-order valence-corrected chi connectivity index (χ3v) is 4.18. The first kappa shape index (κ1) is 32.7. The van der Waals surface area contributed by atoms with Gasteiger partial charge in [0.15, 0.2) is 0 Å². The topological polar surface area (TPSA) is 0 Å². The van der Waals surface area contributed by atoms with E-state index in [-0.39, 0.29) is 29.4 Å². The molecule has 0 heterocycles. The Kier molecular flexibility index (Phi) is 23.2. The average Bonchev–Trinajstić information content (AvgIpc) is 2.84. The van der Waals surface area contributed by atoms with Crippen LogP contribution in [0, 0.1) is 18.2 Å². The van der Waals surface area contributed by atoms with Gasteiger partial charge in [0.25, 0.3) is 0 Å². The van der Waals surface area contributed by atoms with Crippen LogP contribution in [0.5, 0.6) is 0 Å². The van der Waals surface area contributed by atoms with Crippen LogP contribution in [0.15, 0.2) is 115 Å².